The Bertz CT molecular complexity index is 1280. The van der Waals surface area contributed by atoms with E-state index < -0.39 is 17.1 Å². The van der Waals surface area contributed by atoms with Gasteiger partial charge < -0.3 is 30.2 Å². The monoisotopic (exact) mass is 606 g/mol. The lowest BCUT2D eigenvalue weighted by molar-refractivity contribution is -0.167. The molecule has 2 aromatic rings. The van der Waals surface area contributed by atoms with Crippen LogP contribution in [0.2, 0.25) is 0 Å². The minimum Gasteiger partial charge on any atom is -0.458 e. The second-order valence-electron chi connectivity index (χ2n) is 13.4. The number of nitrogens with one attached hydrogen (secondary N) is 3. The Balaban J connectivity index is 1.26. The maximum absolute atomic E-state index is 12.2. The molecule has 1 saturated carbocycles. The Kier molecular flexibility index (Phi) is 11.6. The summed E-state index contributed by atoms with van der Waals surface area (Å²) in [6.07, 6.45) is 6.94. The number of pyridine rings is 2. The van der Waals surface area contributed by atoms with Crippen molar-refractivity contribution >= 4 is 17.6 Å². The fraction of sp³-hybridized carbons (Fsp3) is 0.647. The van der Waals surface area contributed by atoms with Crippen LogP contribution in [0.1, 0.15) is 78.7 Å². The second kappa shape index (κ2) is 15.2. The van der Waals surface area contributed by atoms with Crippen LogP contribution in [0.15, 0.2) is 30.5 Å². The normalized spacial score (nSPS) is 21.5. The lowest BCUT2D eigenvalue weighted by Gasteiger charge is -2.32. The maximum atomic E-state index is 12.2. The third-order valence-corrected chi connectivity index (χ3v) is 8.36. The van der Waals surface area contributed by atoms with Crippen molar-refractivity contribution in [2.75, 3.05) is 37.0 Å². The van der Waals surface area contributed by atoms with Crippen LogP contribution in [0.25, 0.3) is 11.3 Å². The van der Waals surface area contributed by atoms with Gasteiger partial charge in [0.1, 0.15) is 17.2 Å². The van der Waals surface area contributed by atoms with Gasteiger partial charge in [0.2, 0.25) is 0 Å². The van der Waals surface area contributed by atoms with E-state index >= 15 is 0 Å². The number of rotatable bonds is 12. The average molecular weight is 607 g/mol. The largest absolute Gasteiger partial charge is 0.458 e. The van der Waals surface area contributed by atoms with Gasteiger partial charge in [-0.2, -0.15) is 5.26 Å². The van der Waals surface area contributed by atoms with Crippen molar-refractivity contribution in [3.05, 3.63) is 36.0 Å². The number of aryl methyl sites for hydroxylation is 1. The van der Waals surface area contributed by atoms with E-state index in [4.69, 9.17) is 19.2 Å². The van der Waals surface area contributed by atoms with Gasteiger partial charge in [-0.3, -0.25) is 0 Å². The number of aromatic nitrogens is 2. The molecule has 240 valence electrons. The zero-order valence-corrected chi connectivity index (χ0v) is 27.2. The molecule has 3 N–H and O–H groups in total. The van der Waals surface area contributed by atoms with Crippen LogP contribution < -0.4 is 16.0 Å². The Labute approximate surface area is 262 Å². The average Bonchev–Trinajstić information content (AvgIpc) is 3.00. The van der Waals surface area contributed by atoms with E-state index in [1.165, 1.54) is 0 Å². The lowest BCUT2D eigenvalue weighted by atomic mass is 9.82. The summed E-state index contributed by atoms with van der Waals surface area (Å²) in [6.45, 7) is 13.7. The predicted molar refractivity (Wildman–Crippen MR) is 172 cm³/mol. The van der Waals surface area contributed by atoms with Crippen molar-refractivity contribution in [1.82, 2.24) is 15.3 Å². The minimum atomic E-state index is -0.591. The van der Waals surface area contributed by atoms with Crippen LogP contribution >= 0.6 is 0 Å². The van der Waals surface area contributed by atoms with Crippen molar-refractivity contribution in [2.45, 2.75) is 110 Å². The molecule has 0 bridgehead atoms. The molecule has 1 aliphatic heterocycles. The van der Waals surface area contributed by atoms with Gasteiger partial charge in [-0.15, -0.1) is 0 Å². The fourth-order valence-electron chi connectivity index (χ4n) is 5.72. The zero-order chi connectivity index (χ0) is 31.7. The predicted octanol–water partition coefficient (Wildman–Crippen LogP) is 5.63. The van der Waals surface area contributed by atoms with Gasteiger partial charge in [-0.25, -0.2) is 14.8 Å². The minimum absolute atomic E-state index is 0.135. The third kappa shape index (κ3) is 9.88. The molecule has 10 nitrogen and oxygen atoms in total. The van der Waals surface area contributed by atoms with E-state index in [2.05, 4.69) is 46.9 Å². The zero-order valence-electron chi connectivity index (χ0n) is 27.2. The van der Waals surface area contributed by atoms with Crippen molar-refractivity contribution in [3.8, 4) is 17.3 Å². The van der Waals surface area contributed by atoms with E-state index in [0.29, 0.717) is 38.4 Å². The first kappa shape index (κ1) is 33.6. The first-order valence-corrected chi connectivity index (χ1v) is 16.0. The van der Waals surface area contributed by atoms with Crippen LogP contribution in [0.3, 0.4) is 0 Å². The standard InChI is InChI=1S/C34H50N6O4/c1-23-19-36-31(18-28(23)29-8-7-9-30(40-29)37-22-34(21-35)14-16-42-17-15-34)39-27-12-10-26(11-13-27)38-24(2)20-43-25(3)32(41)44-33(4,5)6/h7-9,18-19,24-27,38H,10-17,20,22H2,1-6H3,(H,36,39)(H,37,40)/t24-,25-,26-,27-/m0/s1. The molecule has 0 amide bonds. The molecule has 1 aliphatic carbocycles. The van der Waals surface area contributed by atoms with Crippen LogP contribution in [0.4, 0.5) is 11.6 Å². The number of esters is 1. The highest BCUT2D eigenvalue weighted by atomic mass is 16.6. The quantitative estimate of drug-likeness (QED) is 0.261. The molecular weight excluding hydrogens is 556 g/mol. The number of nitriles is 1. The molecule has 1 saturated heterocycles. The first-order valence-electron chi connectivity index (χ1n) is 16.0. The number of nitrogens with zero attached hydrogens (tertiary/aromatic N) is 3. The van der Waals surface area contributed by atoms with Crippen molar-refractivity contribution in [2.24, 2.45) is 5.41 Å². The maximum Gasteiger partial charge on any atom is 0.335 e. The van der Waals surface area contributed by atoms with Gasteiger partial charge in [-0.05, 0) is 104 Å². The van der Waals surface area contributed by atoms with Gasteiger partial charge in [0, 0.05) is 49.6 Å². The van der Waals surface area contributed by atoms with Crippen LogP contribution in [0.5, 0.6) is 0 Å². The molecule has 2 aliphatic rings. The summed E-state index contributed by atoms with van der Waals surface area (Å²) < 4.78 is 16.7. The van der Waals surface area contributed by atoms with E-state index in [9.17, 15) is 10.1 Å². The fourth-order valence-corrected chi connectivity index (χ4v) is 5.72. The number of hydrogen-bond donors (Lipinski definition) is 3. The Morgan fingerprint density at radius 1 is 1.14 bits per heavy atom. The molecule has 2 fully saturated rings. The summed E-state index contributed by atoms with van der Waals surface area (Å²) >= 11 is 0. The van der Waals surface area contributed by atoms with Gasteiger partial charge in [0.25, 0.3) is 0 Å². The highest BCUT2D eigenvalue weighted by molar-refractivity contribution is 5.74. The highest BCUT2D eigenvalue weighted by Crippen LogP contribution is 2.31. The smallest absolute Gasteiger partial charge is 0.335 e. The molecule has 0 spiro atoms. The lowest BCUT2D eigenvalue weighted by Crippen LogP contribution is -2.44. The molecule has 0 radical (unpaired) electrons. The summed E-state index contributed by atoms with van der Waals surface area (Å²) in [7, 11) is 0. The molecule has 2 aromatic heterocycles. The van der Waals surface area contributed by atoms with Crippen molar-refractivity contribution < 1.29 is 19.0 Å². The van der Waals surface area contributed by atoms with Gasteiger partial charge in [-0.1, -0.05) is 6.07 Å². The van der Waals surface area contributed by atoms with Gasteiger partial charge in [0.05, 0.1) is 23.8 Å². The molecule has 10 heteroatoms. The number of carbonyl (C=O) groups is 1. The molecule has 3 heterocycles. The van der Waals surface area contributed by atoms with Gasteiger partial charge in [0.15, 0.2) is 6.10 Å². The third-order valence-electron chi connectivity index (χ3n) is 8.36. The SMILES string of the molecule is Cc1cnc(N[C@H]2CC[C@H](N[C@@H](C)CO[C@@H](C)C(=O)OC(C)(C)C)CC2)cc1-c1cccc(NCC2(C#N)CCOCC2)n1. The Hall–Kier alpha value is -3.26. The number of carbonyl (C=O) groups excluding carboxylic acids is 1. The summed E-state index contributed by atoms with van der Waals surface area (Å²) in [5.41, 5.74) is 2.04. The summed E-state index contributed by atoms with van der Waals surface area (Å²) in [6, 6.07) is 11.4. The van der Waals surface area contributed by atoms with E-state index in [1.54, 1.807) is 6.92 Å². The van der Waals surface area contributed by atoms with Crippen molar-refractivity contribution in [1.29, 1.82) is 5.26 Å². The first-order chi connectivity index (χ1) is 20.9. The number of ether oxygens (including phenoxy) is 3. The molecule has 0 aromatic carbocycles. The Morgan fingerprint density at radius 3 is 2.52 bits per heavy atom. The van der Waals surface area contributed by atoms with Crippen LogP contribution in [-0.2, 0) is 19.0 Å². The van der Waals surface area contributed by atoms with Gasteiger partial charge >= 0.3 is 5.97 Å². The topological polar surface area (TPSA) is 130 Å². The van der Waals surface area contributed by atoms with E-state index in [1.807, 2.05) is 45.2 Å². The highest BCUT2D eigenvalue weighted by Gasteiger charge is 2.32. The Morgan fingerprint density at radius 2 is 1.84 bits per heavy atom. The van der Waals surface area contributed by atoms with E-state index in [0.717, 1.165) is 67.0 Å². The molecule has 4 rings (SSSR count). The van der Waals surface area contributed by atoms with E-state index in [-0.39, 0.29) is 12.0 Å². The number of hydrogen-bond acceptors (Lipinski definition) is 10. The van der Waals surface area contributed by atoms with Crippen LogP contribution in [-0.4, -0.2) is 72.1 Å². The van der Waals surface area contributed by atoms with Crippen molar-refractivity contribution in [3.63, 3.8) is 0 Å². The summed E-state index contributed by atoms with van der Waals surface area (Å²) in [5, 5.41) is 20.5. The molecule has 44 heavy (non-hydrogen) atoms. The summed E-state index contributed by atoms with van der Waals surface area (Å²) in [4.78, 5) is 21.7. The summed E-state index contributed by atoms with van der Waals surface area (Å²) in [5.74, 6) is 1.29. The molecule has 0 unspecified atom stereocenters. The number of anilines is 2. The second-order valence-corrected chi connectivity index (χ2v) is 13.4. The molecule has 2 atom stereocenters. The van der Waals surface area contributed by atoms with Crippen LogP contribution in [0, 0.1) is 23.7 Å². The molecular formula is C34H50N6O4.